The van der Waals surface area contributed by atoms with Crippen LogP contribution in [0.3, 0.4) is 0 Å². The van der Waals surface area contributed by atoms with Gasteiger partial charge in [-0.15, -0.1) is 0 Å². The van der Waals surface area contributed by atoms with E-state index in [0.29, 0.717) is 10.8 Å². The van der Waals surface area contributed by atoms with Crippen molar-refractivity contribution < 1.29 is 4.74 Å². The van der Waals surface area contributed by atoms with Crippen molar-refractivity contribution in [1.82, 2.24) is 15.1 Å². The zero-order valence-corrected chi connectivity index (χ0v) is 13.7. The Hall–Kier alpha value is -1.52. The van der Waals surface area contributed by atoms with Crippen molar-refractivity contribution in [3.8, 4) is 5.75 Å². The smallest absolute Gasteiger partial charge is 0.137 e. The molecule has 0 saturated heterocycles. The molecule has 4 nitrogen and oxygen atoms in total. The minimum Gasteiger partial charge on any atom is -0.495 e. The van der Waals surface area contributed by atoms with E-state index in [2.05, 4.69) is 30.3 Å². The summed E-state index contributed by atoms with van der Waals surface area (Å²) in [5.74, 6) is 0.690. The zero-order chi connectivity index (χ0) is 15.4. The van der Waals surface area contributed by atoms with E-state index < -0.39 is 0 Å². The molecular weight excluding hydrogens is 286 g/mol. The Kier molecular flexibility index (Phi) is 5.26. The highest BCUT2D eigenvalue weighted by atomic mass is 35.5. The third kappa shape index (κ3) is 3.39. The fourth-order valence-corrected chi connectivity index (χ4v) is 2.63. The van der Waals surface area contributed by atoms with Crippen molar-refractivity contribution in [3.05, 3.63) is 46.2 Å². The number of aryl methyl sites for hydroxylation is 2. The van der Waals surface area contributed by atoms with Gasteiger partial charge in [-0.25, -0.2) is 0 Å². The van der Waals surface area contributed by atoms with Crippen LogP contribution in [0.5, 0.6) is 5.75 Å². The molecule has 1 heterocycles. The summed E-state index contributed by atoms with van der Waals surface area (Å²) in [6, 6.07) is 8.09. The van der Waals surface area contributed by atoms with Crippen LogP contribution in [-0.2, 0) is 13.5 Å². The van der Waals surface area contributed by atoms with Gasteiger partial charge in [-0.05, 0) is 36.7 Å². The van der Waals surface area contributed by atoms with Crippen LogP contribution in [0.15, 0.2) is 24.3 Å². The van der Waals surface area contributed by atoms with Crippen LogP contribution in [-0.4, -0.2) is 23.4 Å². The van der Waals surface area contributed by atoms with E-state index in [0.717, 1.165) is 29.9 Å². The van der Waals surface area contributed by atoms with Gasteiger partial charge >= 0.3 is 0 Å². The average molecular weight is 308 g/mol. The summed E-state index contributed by atoms with van der Waals surface area (Å²) in [5, 5.41) is 8.66. The van der Waals surface area contributed by atoms with E-state index in [1.54, 1.807) is 7.11 Å². The van der Waals surface area contributed by atoms with E-state index in [-0.39, 0.29) is 6.04 Å². The summed E-state index contributed by atoms with van der Waals surface area (Å²) < 4.78 is 7.26. The highest BCUT2D eigenvalue weighted by molar-refractivity contribution is 6.32. The minimum atomic E-state index is 0.0685. The number of benzene rings is 1. The molecule has 2 aromatic rings. The van der Waals surface area contributed by atoms with Crippen molar-refractivity contribution in [2.24, 2.45) is 7.05 Å². The number of nitrogens with zero attached hydrogens (tertiary/aromatic N) is 2. The van der Waals surface area contributed by atoms with Gasteiger partial charge in [0.05, 0.1) is 29.6 Å². The van der Waals surface area contributed by atoms with Gasteiger partial charge < -0.3 is 10.1 Å². The van der Waals surface area contributed by atoms with Crippen LogP contribution in [0.25, 0.3) is 0 Å². The Labute approximate surface area is 131 Å². The SMILES string of the molecule is CCNC(c1ccc(Cl)c(OC)c1)c1cc(CC)nn1C. The fraction of sp³-hybridized carbons (Fsp3) is 0.438. The van der Waals surface area contributed by atoms with E-state index in [1.807, 2.05) is 29.9 Å². The highest BCUT2D eigenvalue weighted by Gasteiger charge is 2.19. The van der Waals surface area contributed by atoms with Gasteiger partial charge in [-0.2, -0.15) is 5.10 Å². The monoisotopic (exact) mass is 307 g/mol. The lowest BCUT2D eigenvalue weighted by Crippen LogP contribution is -2.24. The van der Waals surface area contributed by atoms with Crippen molar-refractivity contribution >= 4 is 11.6 Å². The number of halogens is 1. The van der Waals surface area contributed by atoms with E-state index in [4.69, 9.17) is 16.3 Å². The molecule has 2 rings (SSSR count). The van der Waals surface area contributed by atoms with Crippen LogP contribution < -0.4 is 10.1 Å². The van der Waals surface area contributed by atoms with E-state index in [1.165, 1.54) is 0 Å². The Bertz CT molecular complexity index is 610. The molecular formula is C16H22ClN3O. The highest BCUT2D eigenvalue weighted by Crippen LogP contribution is 2.30. The number of rotatable bonds is 6. The number of nitrogens with one attached hydrogen (secondary N) is 1. The maximum absolute atomic E-state index is 6.12. The molecule has 0 fully saturated rings. The second kappa shape index (κ2) is 6.96. The molecule has 0 aliphatic rings. The molecule has 0 aliphatic heterocycles. The second-order valence-electron chi connectivity index (χ2n) is 4.92. The van der Waals surface area contributed by atoms with E-state index >= 15 is 0 Å². The summed E-state index contributed by atoms with van der Waals surface area (Å²) in [7, 11) is 3.61. The lowest BCUT2D eigenvalue weighted by molar-refractivity contribution is 0.413. The van der Waals surface area contributed by atoms with Crippen LogP contribution in [0.1, 0.15) is 36.8 Å². The van der Waals surface area contributed by atoms with Gasteiger partial charge in [0.25, 0.3) is 0 Å². The molecule has 0 spiro atoms. The summed E-state index contributed by atoms with van der Waals surface area (Å²) in [4.78, 5) is 0. The predicted molar refractivity (Wildman–Crippen MR) is 86.1 cm³/mol. The topological polar surface area (TPSA) is 39.1 Å². The fourth-order valence-electron chi connectivity index (χ4n) is 2.44. The molecule has 21 heavy (non-hydrogen) atoms. The first-order chi connectivity index (χ1) is 10.1. The molecule has 1 aromatic heterocycles. The normalized spacial score (nSPS) is 12.4. The lowest BCUT2D eigenvalue weighted by atomic mass is 10.0. The maximum atomic E-state index is 6.12. The van der Waals surface area contributed by atoms with E-state index in [9.17, 15) is 0 Å². The summed E-state index contributed by atoms with van der Waals surface area (Å²) in [6.07, 6.45) is 0.927. The third-order valence-electron chi connectivity index (χ3n) is 3.54. The number of methoxy groups -OCH3 is 1. The first kappa shape index (κ1) is 15.9. The standard InChI is InChI=1S/C16H22ClN3O/c1-5-12-10-14(20(3)19-12)16(18-6-2)11-7-8-13(17)15(9-11)21-4/h7-10,16,18H,5-6H2,1-4H3. The first-order valence-electron chi connectivity index (χ1n) is 7.20. The number of aromatic nitrogens is 2. The van der Waals surface area contributed by atoms with Gasteiger partial charge in [0.15, 0.2) is 0 Å². The quantitative estimate of drug-likeness (QED) is 0.889. The number of hydrogen-bond acceptors (Lipinski definition) is 3. The second-order valence-corrected chi connectivity index (χ2v) is 5.33. The first-order valence-corrected chi connectivity index (χ1v) is 7.58. The Morgan fingerprint density at radius 3 is 2.67 bits per heavy atom. The molecule has 1 unspecified atom stereocenters. The van der Waals surface area contributed by atoms with Crippen molar-refractivity contribution in [1.29, 1.82) is 0 Å². The summed E-state index contributed by atoms with van der Waals surface area (Å²) in [5.41, 5.74) is 3.35. The van der Waals surface area contributed by atoms with Crippen molar-refractivity contribution in [2.45, 2.75) is 26.3 Å². The third-order valence-corrected chi connectivity index (χ3v) is 3.85. The van der Waals surface area contributed by atoms with Crippen LogP contribution in [0.4, 0.5) is 0 Å². The molecule has 0 radical (unpaired) electrons. The molecule has 0 saturated carbocycles. The van der Waals surface area contributed by atoms with Crippen molar-refractivity contribution in [2.75, 3.05) is 13.7 Å². The number of hydrogen-bond donors (Lipinski definition) is 1. The molecule has 0 bridgehead atoms. The molecule has 0 aliphatic carbocycles. The molecule has 114 valence electrons. The summed E-state index contributed by atoms with van der Waals surface area (Å²) in [6.45, 7) is 5.07. The Morgan fingerprint density at radius 2 is 2.10 bits per heavy atom. The van der Waals surface area contributed by atoms with Crippen LogP contribution in [0, 0.1) is 0 Å². The van der Waals surface area contributed by atoms with Gasteiger partial charge in [-0.3, -0.25) is 4.68 Å². The molecule has 1 atom stereocenters. The zero-order valence-electron chi connectivity index (χ0n) is 13.0. The van der Waals surface area contributed by atoms with Gasteiger partial charge in [0, 0.05) is 7.05 Å². The maximum Gasteiger partial charge on any atom is 0.137 e. The minimum absolute atomic E-state index is 0.0685. The average Bonchev–Trinajstić information content (AvgIpc) is 2.86. The predicted octanol–water partition coefficient (Wildman–Crippen LogP) is 3.34. The van der Waals surface area contributed by atoms with Crippen LogP contribution in [0.2, 0.25) is 5.02 Å². The molecule has 5 heteroatoms. The number of ether oxygens (including phenoxy) is 1. The lowest BCUT2D eigenvalue weighted by Gasteiger charge is -2.19. The van der Waals surface area contributed by atoms with Crippen LogP contribution >= 0.6 is 11.6 Å². The van der Waals surface area contributed by atoms with Crippen molar-refractivity contribution in [3.63, 3.8) is 0 Å². The Morgan fingerprint density at radius 1 is 1.33 bits per heavy atom. The molecule has 1 aromatic carbocycles. The Balaban J connectivity index is 2.45. The molecule has 1 N–H and O–H groups in total. The molecule has 0 amide bonds. The van der Waals surface area contributed by atoms with Gasteiger partial charge in [0.2, 0.25) is 0 Å². The largest absolute Gasteiger partial charge is 0.495 e. The summed E-state index contributed by atoms with van der Waals surface area (Å²) >= 11 is 6.12. The van der Waals surface area contributed by atoms with Gasteiger partial charge in [0.1, 0.15) is 5.75 Å². The van der Waals surface area contributed by atoms with Gasteiger partial charge in [-0.1, -0.05) is 31.5 Å².